The number of halogens is 1. The Labute approximate surface area is 129 Å². The fourth-order valence-electron chi connectivity index (χ4n) is 2.11. The van der Waals surface area contributed by atoms with Crippen molar-refractivity contribution in [2.24, 2.45) is 0 Å². The third-order valence-corrected chi connectivity index (χ3v) is 7.12. The number of thioether (sulfide) groups is 1. The highest BCUT2D eigenvalue weighted by atomic mass is 35.5. The van der Waals surface area contributed by atoms with E-state index in [0.717, 1.165) is 12.2 Å². The average Bonchev–Trinajstić information content (AvgIpc) is 2.50. The summed E-state index contributed by atoms with van der Waals surface area (Å²) in [6.07, 6.45) is 0.823. The minimum absolute atomic E-state index is 0.106. The number of sulfonamides is 1. The maximum Gasteiger partial charge on any atom is 0.244 e. The molecule has 1 aromatic rings. The van der Waals surface area contributed by atoms with Gasteiger partial charge in [-0.25, -0.2) is 8.42 Å². The number of nitrogens with zero attached hydrogens (tertiary/aromatic N) is 1. The van der Waals surface area contributed by atoms with Crippen LogP contribution < -0.4 is 5.73 Å². The van der Waals surface area contributed by atoms with Crippen LogP contribution in [0.25, 0.3) is 0 Å². The molecule has 0 spiro atoms. The highest BCUT2D eigenvalue weighted by Crippen LogP contribution is 2.33. The number of benzene rings is 1. The summed E-state index contributed by atoms with van der Waals surface area (Å²) >= 11 is 7.84. The van der Waals surface area contributed by atoms with Crippen LogP contribution in [-0.2, 0) is 10.0 Å². The normalized spacial score (nSPS) is 20.6. The van der Waals surface area contributed by atoms with Crippen LogP contribution in [0.4, 0.5) is 5.69 Å². The van der Waals surface area contributed by atoms with Gasteiger partial charge in [0.2, 0.25) is 10.0 Å². The molecule has 7 heteroatoms. The number of hydrogen-bond acceptors (Lipinski definition) is 4. The highest BCUT2D eigenvalue weighted by Gasteiger charge is 2.31. The SMILES string of the molecule is CC1(C)CCN(S(=O)(=O)c2ccc(N)cc2Cl)CCS1. The van der Waals surface area contributed by atoms with E-state index in [2.05, 4.69) is 13.8 Å². The molecule has 0 radical (unpaired) electrons. The predicted octanol–water partition coefficient (Wildman–Crippen LogP) is 2.83. The molecule has 4 nitrogen and oxygen atoms in total. The molecule has 1 saturated heterocycles. The van der Waals surface area contributed by atoms with Crippen molar-refractivity contribution in [3.05, 3.63) is 23.2 Å². The van der Waals surface area contributed by atoms with Crippen LogP contribution in [0.5, 0.6) is 0 Å². The molecule has 1 aliphatic rings. The quantitative estimate of drug-likeness (QED) is 0.845. The monoisotopic (exact) mass is 334 g/mol. The summed E-state index contributed by atoms with van der Waals surface area (Å²) in [7, 11) is -3.55. The van der Waals surface area contributed by atoms with Crippen molar-refractivity contribution in [3.63, 3.8) is 0 Å². The maximum atomic E-state index is 12.7. The molecule has 0 saturated carbocycles. The van der Waals surface area contributed by atoms with Gasteiger partial charge in [0.25, 0.3) is 0 Å². The lowest BCUT2D eigenvalue weighted by Crippen LogP contribution is -2.33. The Balaban J connectivity index is 2.30. The Morgan fingerprint density at radius 1 is 1.35 bits per heavy atom. The number of rotatable bonds is 2. The van der Waals surface area contributed by atoms with Crippen molar-refractivity contribution in [2.75, 3.05) is 24.6 Å². The number of nitrogens with two attached hydrogens (primary N) is 1. The molecule has 0 unspecified atom stereocenters. The van der Waals surface area contributed by atoms with Gasteiger partial charge in [0.05, 0.1) is 5.02 Å². The van der Waals surface area contributed by atoms with E-state index in [-0.39, 0.29) is 14.7 Å². The summed E-state index contributed by atoms with van der Waals surface area (Å²) < 4.78 is 27.0. The minimum atomic E-state index is -3.55. The van der Waals surface area contributed by atoms with E-state index in [9.17, 15) is 8.42 Å². The fraction of sp³-hybridized carbons (Fsp3) is 0.538. The second-order valence-electron chi connectivity index (χ2n) is 5.45. The van der Waals surface area contributed by atoms with Gasteiger partial charge in [-0.15, -0.1) is 0 Å². The molecule has 1 fully saturated rings. The Bertz CT molecular complexity index is 602. The van der Waals surface area contributed by atoms with Gasteiger partial charge in [-0.05, 0) is 24.6 Å². The zero-order chi connectivity index (χ0) is 15.0. The maximum absolute atomic E-state index is 12.7. The molecule has 1 aromatic carbocycles. The molecule has 0 aromatic heterocycles. The van der Waals surface area contributed by atoms with Gasteiger partial charge < -0.3 is 5.73 Å². The summed E-state index contributed by atoms with van der Waals surface area (Å²) in [4.78, 5) is 0.137. The number of nitrogen functional groups attached to an aromatic ring is 1. The molecule has 1 heterocycles. The van der Waals surface area contributed by atoms with Crippen LogP contribution in [-0.4, -0.2) is 36.3 Å². The Morgan fingerprint density at radius 2 is 2.05 bits per heavy atom. The topological polar surface area (TPSA) is 63.4 Å². The minimum Gasteiger partial charge on any atom is -0.399 e. The fourth-order valence-corrected chi connectivity index (χ4v) is 5.29. The van der Waals surface area contributed by atoms with Gasteiger partial charge in [0.15, 0.2) is 0 Å². The first kappa shape index (κ1) is 15.9. The van der Waals surface area contributed by atoms with Gasteiger partial charge in [0.1, 0.15) is 4.90 Å². The second-order valence-corrected chi connectivity index (χ2v) is 9.57. The van der Waals surface area contributed by atoms with E-state index in [4.69, 9.17) is 17.3 Å². The standard InChI is InChI=1S/C13H19ClN2O2S2/c1-13(2)5-6-16(7-8-19-13)20(17,18)12-4-3-10(15)9-11(12)14/h3-4,9H,5-8,15H2,1-2H3. The van der Waals surface area contributed by atoms with Crippen LogP contribution in [0, 0.1) is 0 Å². The van der Waals surface area contributed by atoms with E-state index in [1.54, 1.807) is 17.8 Å². The summed E-state index contributed by atoms with van der Waals surface area (Å²) in [6.45, 7) is 5.31. The molecule has 0 atom stereocenters. The van der Waals surface area contributed by atoms with E-state index in [1.165, 1.54) is 16.4 Å². The molecule has 112 valence electrons. The molecular formula is C13H19ClN2O2S2. The van der Waals surface area contributed by atoms with E-state index in [0.29, 0.717) is 18.8 Å². The lowest BCUT2D eigenvalue weighted by Gasteiger charge is -2.22. The van der Waals surface area contributed by atoms with E-state index >= 15 is 0 Å². The summed E-state index contributed by atoms with van der Waals surface area (Å²) in [5.74, 6) is 0.790. The first-order valence-corrected chi connectivity index (χ1v) is 9.22. The van der Waals surface area contributed by atoms with Crippen molar-refractivity contribution < 1.29 is 8.42 Å². The molecular weight excluding hydrogens is 316 g/mol. The van der Waals surface area contributed by atoms with Crippen LogP contribution in [0.1, 0.15) is 20.3 Å². The second kappa shape index (κ2) is 5.75. The predicted molar refractivity (Wildman–Crippen MR) is 85.8 cm³/mol. The largest absolute Gasteiger partial charge is 0.399 e. The van der Waals surface area contributed by atoms with E-state index < -0.39 is 10.0 Å². The van der Waals surface area contributed by atoms with Crippen LogP contribution in [0.15, 0.2) is 23.1 Å². The van der Waals surface area contributed by atoms with E-state index in [1.807, 2.05) is 0 Å². The first-order valence-electron chi connectivity index (χ1n) is 6.41. The number of hydrogen-bond donors (Lipinski definition) is 1. The zero-order valence-electron chi connectivity index (χ0n) is 11.6. The smallest absolute Gasteiger partial charge is 0.244 e. The molecule has 0 bridgehead atoms. The molecule has 1 aliphatic heterocycles. The molecule has 2 rings (SSSR count). The van der Waals surface area contributed by atoms with Crippen molar-refractivity contribution >= 4 is 39.1 Å². The van der Waals surface area contributed by atoms with Crippen molar-refractivity contribution in [1.82, 2.24) is 4.31 Å². The summed E-state index contributed by atoms with van der Waals surface area (Å²) in [5.41, 5.74) is 6.07. The lowest BCUT2D eigenvalue weighted by molar-refractivity contribution is 0.415. The van der Waals surface area contributed by atoms with Crippen LogP contribution in [0.3, 0.4) is 0 Å². The Kier molecular flexibility index (Phi) is 4.59. The van der Waals surface area contributed by atoms with Gasteiger partial charge >= 0.3 is 0 Å². The molecule has 20 heavy (non-hydrogen) atoms. The average molecular weight is 335 g/mol. The summed E-state index contributed by atoms with van der Waals surface area (Å²) in [5, 5.41) is 0.182. The highest BCUT2D eigenvalue weighted by molar-refractivity contribution is 8.00. The number of anilines is 1. The third kappa shape index (κ3) is 3.42. The molecule has 2 N–H and O–H groups in total. The third-order valence-electron chi connectivity index (χ3n) is 3.37. The zero-order valence-corrected chi connectivity index (χ0v) is 14.0. The van der Waals surface area contributed by atoms with Crippen LogP contribution in [0.2, 0.25) is 5.02 Å². The van der Waals surface area contributed by atoms with Crippen molar-refractivity contribution in [3.8, 4) is 0 Å². The van der Waals surface area contributed by atoms with Gasteiger partial charge in [-0.3, -0.25) is 0 Å². The van der Waals surface area contributed by atoms with Crippen molar-refractivity contribution in [2.45, 2.75) is 29.9 Å². The lowest BCUT2D eigenvalue weighted by atomic mass is 10.1. The summed E-state index contributed by atoms with van der Waals surface area (Å²) in [6, 6.07) is 4.52. The Hall–Kier alpha value is -0.430. The molecule has 0 amide bonds. The molecule has 0 aliphatic carbocycles. The van der Waals surface area contributed by atoms with Crippen molar-refractivity contribution in [1.29, 1.82) is 0 Å². The van der Waals surface area contributed by atoms with Gasteiger partial charge in [-0.2, -0.15) is 16.1 Å². The van der Waals surface area contributed by atoms with Gasteiger partial charge in [0, 0.05) is 29.3 Å². The van der Waals surface area contributed by atoms with Crippen LogP contribution >= 0.6 is 23.4 Å². The first-order chi connectivity index (χ1) is 9.22. The van der Waals surface area contributed by atoms with Gasteiger partial charge in [-0.1, -0.05) is 25.4 Å². The Morgan fingerprint density at radius 3 is 2.70 bits per heavy atom.